The zero-order valence-electron chi connectivity index (χ0n) is 12.8. The number of aryl methyl sites for hydroxylation is 1. The SMILES string of the molecule is CCOC(=O)c1nnn(CCCOc2ccc(N)cc2)c1C. The van der Waals surface area contributed by atoms with E-state index in [2.05, 4.69) is 10.3 Å². The van der Waals surface area contributed by atoms with Gasteiger partial charge in [-0.3, -0.25) is 0 Å². The minimum Gasteiger partial charge on any atom is -0.494 e. The number of esters is 1. The van der Waals surface area contributed by atoms with Crippen LogP contribution < -0.4 is 10.5 Å². The third-order valence-electron chi connectivity index (χ3n) is 3.11. The molecule has 1 aromatic carbocycles. The van der Waals surface area contributed by atoms with Gasteiger partial charge in [-0.2, -0.15) is 0 Å². The quantitative estimate of drug-likeness (QED) is 0.476. The fourth-order valence-electron chi connectivity index (χ4n) is 1.93. The Morgan fingerprint density at radius 2 is 2.05 bits per heavy atom. The Morgan fingerprint density at radius 3 is 2.73 bits per heavy atom. The number of carbonyl (C=O) groups excluding carboxylic acids is 1. The van der Waals surface area contributed by atoms with Gasteiger partial charge in [0.25, 0.3) is 0 Å². The fraction of sp³-hybridized carbons (Fsp3) is 0.400. The Labute approximate surface area is 129 Å². The van der Waals surface area contributed by atoms with Crippen LogP contribution in [0, 0.1) is 6.92 Å². The van der Waals surface area contributed by atoms with E-state index in [4.69, 9.17) is 15.2 Å². The summed E-state index contributed by atoms with van der Waals surface area (Å²) < 4.78 is 12.2. The second kappa shape index (κ2) is 7.44. The molecular formula is C15H20N4O3. The lowest BCUT2D eigenvalue weighted by atomic mass is 10.3. The Balaban J connectivity index is 1.82. The number of hydrogen-bond acceptors (Lipinski definition) is 6. The summed E-state index contributed by atoms with van der Waals surface area (Å²) in [4.78, 5) is 11.6. The molecule has 7 nitrogen and oxygen atoms in total. The molecule has 2 rings (SSSR count). The van der Waals surface area contributed by atoms with Crippen LogP contribution in [0.3, 0.4) is 0 Å². The van der Waals surface area contributed by atoms with Crippen molar-refractivity contribution in [2.45, 2.75) is 26.8 Å². The summed E-state index contributed by atoms with van der Waals surface area (Å²) in [6, 6.07) is 7.24. The van der Waals surface area contributed by atoms with Crippen LogP contribution in [0.15, 0.2) is 24.3 Å². The first-order valence-electron chi connectivity index (χ1n) is 7.17. The van der Waals surface area contributed by atoms with Crippen LogP contribution in [0.2, 0.25) is 0 Å². The predicted molar refractivity (Wildman–Crippen MR) is 81.7 cm³/mol. The summed E-state index contributed by atoms with van der Waals surface area (Å²) in [5.41, 5.74) is 7.28. The van der Waals surface area contributed by atoms with Crippen molar-refractivity contribution in [1.29, 1.82) is 0 Å². The van der Waals surface area contributed by atoms with Crippen molar-refractivity contribution in [3.05, 3.63) is 35.7 Å². The Kier molecular flexibility index (Phi) is 5.35. The molecule has 2 aromatic rings. The number of nitrogens with zero attached hydrogens (tertiary/aromatic N) is 3. The first kappa shape index (κ1) is 15.8. The average molecular weight is 304 g/mol. The Morgan fingerprint density at radius 1 is 1.32 bits per heavy atom. The minimum atomic E-state index is -0.440. The lowest BCUT2D eigenvalue weighted by Gasteiger charge is -2.07. The third-order valence-corrected chi connectivity index (χ3v) is 3.11. The number of hydrogen-bond donors (Lipinski definition) is 1. The topological polar surface area (TPSA) is 92.3 Å². The summed E-state index contributed by atoms with van der Waals surface area (Å²) in [5, 5.41) is 7.83. The first-order valence-corrected chi connectivity index (χ1v) is 7.17. The maximum atomic E-state index is 11.6. The van der Waals surface area contributed by atoms with Gasteiger partial charge in [-0.25, -0.2) is 9.48 Å². The van der Waals surface area contributed by atoms with Crippen LogP contribution in [-0.4, -0.2) is 34.2 Å². The van der Waals surface area contributed by atoms with Crippen molar-refractivity contribution in [2.75, 3.05) is 18.9 Å². The summed E-state index contributed by atoms with van der Waals surface area (Å²) in [7, 11) is 0. The molecule has 22 heavy (non-hydrogen) atoms. The number of rotatable bonds is 7. The van der Waals surface area contributed by atoms with Gasteiger partial charge in [-0.15, -0.1) is 5.10 Å². The van der Waals surface area contributed by atoms with Crippen LogP contribution in [0.5, 0.6) is 5.75 Å². The first-order chi connectivity index (χ1) is 10.6. The summed E-state index contributed by atoms with van der Waals surface area (Å²) in [6.07, 6.45) is 0.747. The largest absolute Gasteiger partial charge is 0.494 e. The lowest BCUT2D eigenvalue weighted by Crippen LogP contribution is -2.10. The van der Waals surface area contributed by atoms with Gasteiger partial charge >= 0.3 is 5.97 Å². The fourth-order valence-corrected chi connectivity index (χ4v) is 1.93. The molecule has 0 fully saturated rings. The van der Waals surface area contributed by atoms with Crippen molar-refractivity contribution >= 4 is 11.7 Å². The molecule has 0 bridgehead atoms. The molecule has 1 heterocycles. The summed E-state index contributed by atoms with van der Waals surface area (Å²) in [5.74, 6) is 0.334. The van der Waals surface area contributed by atoms with E-state index in [0.717, 1.165) is 12.2 Å². The second-order valence-electron chi connectivity index (χ2n) is 4.74. The zero-order valence-corrected chi connectivity index (χ0v) is 12.8. The van der Waals surface area contributed by atoms with Gasteiger partial charge in [0, 0.05) is 18.7 Å². The monoisotopic (exact) mass is 304 g/mol. The van der Waals surface area contributed by atoms with Crippen LogP contribution in [0.4, 0.5) is 5.69 Å². The summed E-state index contributed by atoms with van der Waals surface area (Å²) >= 11 is 0. The molecule has 0 amide bonds. The minimum absolute atomic E-state index is 0.265. The van der Waals surface area contributed by atoms with Crippen molar-refractivity contribution in [3.8, 4) is 5.75 Å². The highest BCUT2D eigenvalue weighted by atomic mass is 16.5. The molecule has 0 radical (unpaired) electrons. The normalized spacial score (nSPS) is 10.5. The van der Waals surface area contributed by atoms with E-state index in [0.29, 0.717) is 31.1 Å². The third kappa shape index (κ3) is 3.97. The smallest absolute Gasteiger partial charge is 0.360 e. The van der Waals surface area contributed by atoms with Gasteiger partial charge in [-0.05, 0) is 38.1 Å². The molecule has 1 aromatic heterocycles. The van der Waals surface area contributed by atoms with Gasteiger partial charge in [-0.1, -0.05) is 5.21 Å². The Hall–Kier alpha value is -2.57. The second-order valence-corrected chi connectivity index (χ2v) is 4.74. The number of nitrogen functional groups attached to an aromatic ring is 1. The average Bonchev–Trinajstić information content (AvgIpc) is 2.87. The van der Waals surface area contributed by atoms with E-state index in [1.165, 1.54) is 0 Å². The molecule has 0 atom stereocenters. The zero-order chi connectivity index (χ0) is 15.9. The molecule has 7 heteroatoms. The maximum absolute atomic E-state index is 11.6. The number of carbonyl (C=O) groups is 1. The molecule has 118 valence electrons. The van der Waals surface area contributed by atoms with Crippen molar-refractivity contribution in [1.82, 2.24) is 15.0 Å². The van der Waals surface area contributed by atoms with Crippen LogP contribution in [0.1, 0.15) is 29.5 Å². The van der Waals surface area contributed by atoms with Crippen LogP contribution in [0.25, 0.3) is 0 Å². The number of ether oxygens (including phenoxy) is 2. The van der Waals surface area contributed by atoms with E-state index in [9.17, 15) is 4.79 Å². The highest BCUT2D eigenvalue weighted by Gasteiger charge is 2.17. The van der Waals surface area contributed by atoms with E-state index >= 15 is 0 Å². The highest BCUT2D eigenvalue weighted by Crippen LogP contribution is 2.13. The standard InChI is InChI=1S/C15H20N4O3/c1-3-21-15(20)14-11(2)19(18-17-14)9-4-10-22-13-7-5-12(16)6-8-13/h5-8H,3-4,9-10,16H2,1-2H3. The van der Waals surface area contributed by atoms with Crippen molar-refractivity contribution in [3.63, 3.8) is 0 Å². The van der Waals surface area contributed by atoms with Gasteiger partial charge in [0.1, 0.15) is 5.75 Å². The molecule has 2 N–H and O–H groups in total. The van der Waals surface area contributed by atoms with Crippen molar-refractivity contribution in [2.24, 2.45) is 0 Å². The number of anilines is 1. The van der Waals surface area contributed by atoms with E-state index < -0.39 is 5.97 Å². The Bertz CT molecular complexity index is 622. The highest BCUT2D eigenvalue weighted by molar-refractivity contribution is 5.88. The van der Waals surface area contributed by atoms with E-state index in [-0.39, 0.29) is 5.69 Å². The number of nitrogens with two attached hydrogens (primary N) is 1. The van der Waals surface area contributed by atoms with Gasteiger partial charge in [0.2, 0.25) is 0 Å². The molecule has 0 saturated heterocycles. The number of aromatic nitrogens is 3. The lowest BCUT2D eigenvalue weighted by molar-refractivity contribution is 0.0518. The predicted octanol–water partition coefficient (Wildman–Crippen LogP) is 1.81. The van der Waals surface area contributed by atoms with E-state index in [1.54, 1.807) is 30.7 Å². The van der Waals surface area contributed by atoms with Crippen LogP contribution in [-0.2, 0) is 11.3 Å². The van der Waals surface area contributed by atoms with Crippen LogP contribution >= 0.6 is 0 Å². The molecule has 0 aliphatic carbocycles. The van der Waals surface area contributed by atoms with Gasteiger partial charge in [0.15, 0.2) is 5.69 Å². The molecule has 0 aliphatic heterocycles. The van der Waals surface area contributed by atoms with Gasteiger partial charge < -0.3 is 15.2 Å². The molecule has 0 spiro atoms. The number of benzene rings is 1. The van der Waals surface area contributed by atoms with Gasteiger partial charge in [0.05, 0.1) is 18.9 Å². The maximum Gasteiger partial charge on any atom is 0.360 e. The molecule has 0 saturated carbocycles. The summed E-state index contributed by atoms with van der Waals surface area (Å²) in [6.45, 7) is 5.03. The van der Waals surface area contributed by atoms with E-state index in [1.807, 2.05) is 12.1 Å². The molecular weight excluding hydrogens is 284 g/mol. The molecule has 0 aliphatic rings. The van der Waals surface area contributed by atoms with Crippen molar-refractivity contribution < 1.29 is 14.3 Å². The molecule has 0 unspecified atom stereocenters.